The number of hydrogen-bond donors (Lipinski definition) is 1. The summed E-state index contributed by atoms with van der Waals surface area (Å²) in [5.74, 6) is 0.560. The van der Waals surface area contributed by atoms with Crippen LogP contribution in [-0.4, -0.2) is 48.7 Å². The standard InChI is InChI=1S/C22H22N6O3/c1-3-30-20-18-25-16(22-11-21(2,12-22)31-13-22)10-27(18)9-15(24-20)19(29)26-17-6-4-5-14-7-8-23-28(14)17/h4-10H,3,11-13H2,1-2H3,(H,26,29). The molecule has 158 valence electrons. The number of nitrogens with zero attached hydrogens (tertiary/aromatic N) is 5. The zero-order valence-electron chi connectivity index (χ0n) is 17.3. The summed E-state index contributed by atoms with van der Waals surface area (Å²) >= 11 is 0. The van der Waals surface area contributed by atoms with Crippen LogP contribution >= 0.6 is 0 Å². The van der Waals surface area contributed by atoms with Crippen molar-refractivity contribution in [2.75, 3.05) is 18.5 Å². The molecule has 2 aliphatic heterocycles. The Hall–Kier alpha value is -3.46. The number of aromatic nitrogens is 5. The van der Waals surface area contributed by atoms with E-state index in [1.807, 2.05) is 35.7 Å². The predicted molar refractivity (Wildman–Crippen MR) is 113 cm³/mol. The van der Waals surface area contributed by atoms with Gasteiger partial charge in [-0.25, -0.2) is 14.5 Å². The van der Waals surface area contributed by atoms with E-state index in [1.165, 1.54) is 0 Å². The van der Waals surface area contributed by atoms with Gasteiger partial charge in [0, 0.05) is 17.8 Å². The van der Waals surface area contributed by atoms with Gasteiger partial charge in [0.05, 0.1) is 36.2 Å². The number of imidazole rings is 1. The third-order valence-electron chi connectivity index (χ3n) is 6.25. The summed E-state index contributed by atoms with van der Waals surface area (Å²) in [6.07, 6.45) is 7.27. The second-order valence-corrected chi connectivity index (χ2v) is 8.63. The van der Waals surface area contributed by atoms with E-state index in [-0.39, 0.29) is 22.6 Å². The summed E-state index contributed by atoms with van der Waals surface area (Å²) < 4.78 is 15.2. The van der Waals surface area contributed by atoms with Crippen LogP contribution in [-0.2, 0) is 10.2 Å². The number of carbonyl (C=O) groups excluding carboxylic acids is 1. The molecule has 3 fully saturated rings. The minimum absolute atomic E-state index is 0.0324. The third-order valence-corrected chi connectivity index (χ3v) is 6.25. The van der Waals surface area contributed by atoms with Gasteiger partial charge in [-0.3, -0.25) is 9.20 Å². The topological polar surface area (TPSA) is 95.0 Å². The monoisotopic (exact) mass is 418 g/mol. The number of rotatable bonds is 5. The van der Waals surface area contributed by atoms with Gasteiger partial charge in [-0.05, 0) is 44.9 Å². The molecular weight excluding hydrogens is 396 g/mol. The van der Waals surface area contributed by atoms with Crippen molar-refractivity contribution >= 4 is 22.9 Å². The van der Waals surface area contributed by atoms with Gasteiger partial charge in [-0.15, -0.1) is 0 Å². The van der Waals surface area contributed by atoms with Crippen LogP contribution in [0.4, 0.5) is 5.82 Å². The summed E-state index contributed by atoms with van der Waals surface area (Å²) in [5.41, 5.74) is 2.61. The Labute approximate surface area is 178 Å². The molecule has 4 aromatic rings. The molecule has 31 heavy (non-hydrogen) atoms. The van der Waals surface area contributed by atoms with E-state index >= 15 is 0 Å². The van der Waals surface area contributed by atoms with Crippen molar-refractivity contribution in [1.29, 1.82) is 0 Å². The molecule has 0 unspecified atom stereocenters. The molecule has 1 N–H and O–H groups in total. The Bertz CT molecular complexity index is 1330. The minimum atomic E-state index is -0.348. The fourth-order valence-corrected chi connectivity index (χ4v) is 4.94. The van der Waals surface area contributed by atoms with Crippen LogP contribution in [0.25, 0.3) is 11.2 Å². The van der Waals surface area contributed by atoms with Gasteiger partial charge < -0.3 is 14.8 Å². The van der Waals surface area contributed by atoms with Crippen molar-refractivity contribution in [1.82, 2.24) is 24.0 Å². The SMILES string of the molecule is CCOc1nc(C(=O)Nc2cccc3ccnn23)cn2cc(C34COC(C)(C3)C4)nc12. The Balaban J connectivity index is 1.38. The fraction of sp³-hybridized carbons (Fsp3) is 0.364. The van der Waals surface area contributed by atoms with Gasteiger partial charge in [0.25, 0.3) is 11.8 Å². The van der Waals surface area contributed by atoms with E-state index in [0.717, 1.165) is 24.1 Å². The largest absolute Gasteiger partial charge is 0.475 e. The molecule has 9 heteroatoms. The molecule has 9 nitrogen and oxygen atoms in total. The molecule has 0 radical (unpaired) electrons. The maximum Gasteiger partial charge on any atom is 0.277 e. The third kappa shape index (κ3) is 2.73. The molecule has 0 spiro atoms. The normalized spacial score (nSPS) is 24.5. The van der Waals surface area contributed by atoms with Crippen molar-refractivity contribution in [2.24, 2.45) is 0 Å². The molecule has 7 rings (SSSR count). The lowest BCUT2D eigenvalue weighted by Crippen LogP contribution is -2.45. The highest BCUT2D eigenvalue weighted by molar-refractivity contribution is 6.02. The zero-order valence-corrected chi connectivity index (χ0v) is 17.3. The number of nitrogens with one attached hydrogen (secondary N) is 1. The summed E-state index contributed by atoms with van der Waals surface area (Å²) in [5, 5.41) is 7.15. The summed E-state index contributed by atoms with van der Waals surface area (Å²) in [4.78, 5) is 22.3. The van der Waals surface area contributed by atoms with E-state index in [4.69, 9.17) is 14.5 Å². The first-order valence-electron chi connectivity index (χ1n) is 10.4. The average Bonchev–Trinajstić information content (AvgIpc) is 3.49. The smallest absolute Gasteiger partial charge is 0.277 e. The van der Waals surface area contributed by atoms with Crippen molar-refractivity contribution in [3.63, 3.8) is 0 Å². The Morgan fingerprint density at radius 3 is 2.90 bits per heavy atom. The Morgan fingerprint density at radius 1 is 1.26 bits per heavy atom. The van der Waals surface area contributed by atoms with Crippen molar-refractivity contribution < 1.29 is 14.3 Å². The molecule has 0 aromatic carbocycles. The zero-order chi connectivity index (χ0) is 21.2. The van der Waals surface area contributed by atoms with Crippen LogP contribution in [0.2, 0.25) is 0 Å². The maximum atomic E-state index is 13.0. The number of ether oxygens (including phenoxy) is 2. The van der Waals surface area contributed by atoms with Gasteiger partial charge in [-0.2, -0.15) is 5.10 Å². The van der Waals surface area contributed by atoms with E-state index in [2.05, 4.69) is 22.3 Å². The van der Waals surface area contributed by atoms with Crippen LogP contribution in [0.1, 0.15) is 42.9 Å². The van der Waals surface area contributed by atoms with Crippen LogP contribution in [0.15, 0.2) is 42.9 Å². The van der Waals surface area contributed by atoms with E-state index < -0.39 is 0 Å². The van der Waals surface area contributed by atoms with Crippen molar-refractivity contribution in [3.8, 4) is 5.88 Å². The summed E-state index contributed by atoms with van der Waals surface area (Å²) in [6, 6.07) is 7.46. The molecule has 1 aliphatic carbocycles. The molecule has 6 heterocycles. The van der Waals surface area contributed by atoms with Crippen LogP contribution in [0.3, 0.4) is 0 Å². The lowest BCUT2D eigenvalue weighted by Gasteiger charge is -2.41. The number of fused-ring (bicyclic) bond motifs is 3. The fourth-order valence-electron chi connectivity index (χ4n) is 4.94. The lowest BCUT2D eigenvalue weighted by atomic mass is 9.62. The molecule has 1 saturated carbocycles. The Morgan fingerprint density at radius 2 is 2.13 bits per heavy atom. The van der Waals surface area contributed by atoms with Gasteiger partial charge in [0.2, 0.25) is 5.65 Å². The van der Waals surface area contributed by atoms with E-state index in [0.29, 0.717) is 30.6 Å². The first-order valence-corrected chi connectivity index (χ1v) is 10.4. The number of pyridine rings is 1. The van der Waals surface area contributed by atoms with Crippen LogP contribution < -0.4 is 10.1 Å². The van der Waals surface area contributed by atoms with Gasteiger partial charge in [-0.1, -0.05) is 6.07 Å². The number of anilines is 1. The molecule has 0 atom stereocenters. The summed E-state index contributed by atoms with van der Waals surface area (Å²) in [7, 11) is 0. The molecule has 2 saturated heterocycles. The van der Waals surface area contributed by atoms with E-state index in [1.54, 1.807) is 23.0 Å². The molecule has 1 amide bonds. The van der Waals surface area contributed by atoms with Gasteiger partial charge >= 0.3 is 0 Å². The first-order chi connectivity index (χ1) is 15.0. The predicted octanol–water partition coefficient (Wildman–Crippen LogP) is 2.85. The highest BCUT2D eigenvalue weighted by Crippen LogP contribution is 2.58. The molecular formula is C22H22N6O3. The number of carbonyl (C=O) groups is 1. The van der Waals surface area contributed by atoms with E-state index in [9.17, 15) is 4.79 Å². The maximum absolute atomic E-state index is 13.0. The molecule has 4 aromatic heterocycles. The van der Waals surface area contributed by atoms with Gasteiger partial charge in [0.1, 0.15) is 11.5 Å². The minimum Gasteiger partial charge on any atom is -0.475 e. The average molecular weight is 418 g/mol. The second kappa shape index (κ2) is 6.27. The Kier molecular flexibility index (Phi) is 3.71. The summed E-state index contributed by atoms with van der Waals surface area (Å²) in [6.45, 7) is 5.12. The van der Waals surface area contributed by atoms with Crippen LogP contribution in [0.5, 0.6) is 5.88 Å². The lowest BCUT2D eigenvalue weighted by molar-refractivity contribution is 0.0154. The second-order valence-electron chi connectivity index (χ2n) is 8.63. The van der Waals surface area contributed by atoms with Gasteiger partial charge in [0.15, 0.2) is 0 Å². The molecule has 3 aliphatic rings. The van der Waals surface area contributed by atoms with Crippen molar-refractivity contribution in [2.45, 2.75) is 37.7 Å². The van der Waals surface area contributed by atoms with Crippen LogP contribution in [0, 0.1) is 0 Å². The first kappa shape index (κ1) is 18.3. The highest BCUT2D eigenvalue weighted by Gasteiger charge is 2.61. The highest BCUT2D eigenvalue weighted by atomic mass is 16.5. The molecule has 2 bridgehead atoms. The van der Waals surface area contributed by atoms with Crippen molar-refractivity contribution in [3.05, 3.63) is 54.2 Å². The number of hydrogen-bond acceptors (Lipinski definition) is 6. The quantitative estimate of drug-likeness (QED) is 0.536. The number of amides is 1.